The van der Waals surface area contributed by atoms with Crippen molar-refractivity contribution in [1.29, 1.82) is 0 Å². The van der Waals surface area contributed by atoms with Crippen LogP contribution in [0.15, 0.2) is 53.9 Å². The number of fused-ring (bicyclic) bond motifs is 1. The van der Waals surface area contributed by atoms with Crippen LogP contribution < -0.4 is 5.32 Å². The van der Waals surface area contributed by atoms with Crippen molar-refractivity contribution >= 4 is 34.5 Å². The summed E-state index contributed by atoms with van der Waals surface area (Å²) in [6.45, 7) is 0. The quantitative estimate of drug-likeness (QED) is 0.628. The highest BCUT2D eigenvalue weighted by atomic mass is 35.5. The number of nitrogens with one attached hydrogen (secondary N) is 1. The third-order valence-electron chi connectivity index (χ3n) is 4.20. The lowest BCUT2D eigenvalue weighted by Gasteiger charge is -2.24. The minimum Gasteiger partial charge on any atom is -0.325 e. The maximum absolute atomic E-state index is 14.2. The van der Waals surface area contributed by atoms with Crippen molar-refractivity contribution in [3.63, 3.8) is 0 Å². The van der Waals surface area contributed by atoms with E-state index in [1.54, 1.807) is 29.5 Å². The second kappa shape index (κ2) is 6.04. The SMILES string of the molecule is O=C1C[C@@H](c2cccc(Cl)c2)c2scc(-c3ccccc3F)c2N1. The summed E-state index contributed by atoms with van der Waals surface area (Å²) in [6, 6.07) is 14.2. The van der Waals surface area contributed by atoms with Crippen LogP contribution in [0.25, 0.3) is 11.1 Å². The summed E-state index contributed by atoms with van der Waals surface area (Å²) in [4.78, 5) is 13.3. The van der Waals surface area contributed by atoms with Gasteiger partial charge in [-0.05, 0) is 23.8 Å². The molecule has 1 atom stereocenters. The van der Waals surface area contributed by atoms with Crippen LogP contribution in [0.1, 0.15) is 22.8 Å². The van der Waals surface area contributed by atoms with Crippen molar-refractivity contribution in [2.24, 2.45) is 0 Å². The Morgan fingerprint density at radius 2 is 1.96 bits per heavy atom. The lowest BCUT2D eigenvalue weighted by molar-refractivity contribution is -0.116. The summed E-state index contributed by atoms with van der Waals surface area (Å²) in [5.41, 5.74) is 2.95. The van der Waals surface area contributed by atoms with E-state index in [2.05, 4.69) is 5.32 Å². The van der Waals surface area contributed by atoms with Gasteiger partial charge in [-0.3, -0.25) is 4.79 Å². The van der Waals surface area contributed by atoms with Crippen molar-refractivity contribution in [1.82, 2.24) is 0 Å². The van der Waals surface area contributed by atoms with E-state index in [9.17, 15) is 9.18 Å². The number of hydrogen-bond acceptors (Lipinski definition) is 2. The molecule has 120 valence electrons. The summed E-state index contributed by atoms with van der Waals surface area (Å²) in [7, 11) is 0. The lowest BCUT2D eigenvalue weighted by atomic mass is 9.89. The van der Waals surface area contributed by atoms with Crippen molar-refractivity contribution in [2.75, 3.05) is 5.32 Å². The van der Waals surface area contributed by atoms with Crippen LogP contribution >= 0.6 is 22.9 Å². The molecular weight excluding hydrogens is 345 g/mol. The van der Waals surface area contributed by atoms with Gasteiger partial charge in [0.15, 0.2) is 0 Å². The fraction of sp³-hybridized carbons (Fsp3) is 0.105. The normalized spacial score (nSPS) is 16.6. The lowest BCUT2D eigenvalue weighted by Crippen LogP contribution is -2.22. The first kappa shape index (κ1) is 15.4. The number of halogens is 2. The molecule has 4 rings (SSSR count). The third-order valence-corrected chi connectivity index (χ3v) is 5.54. The summed E-state index contributed by atoms with van der Waals surface area (Å²) in [6.07, 6.45) is 0.366. The van der Waals surface area contributed by atoms with Gasteiger partial charge < -0.3 is 5.32 Å². The van der Waals surface area contributed by atoms with Crippen LogP contribution in [-0.4, -0.2) is 5.91 Å². The second-order valence-electron chi connectivity index (χ2n) is 5.73. The fourth-order valence-electron chi connectivity index (χ4n) is 3.10. The molecule has 0 spiro atoms. The molecule has 0 radical (unpaired) electrons. The molecule has 2 heterocycles. The molecule has 0 saturated heterocycles. The molecule has 1 amide bonds. The van der Waals surface area contributed by atoms with E-state index in [1.165, 1.54) is 6.07 Å². The number of anilines is 1. The highest BCUT2D eigenvalue weighted by Crippen LogP contribution is 2.47. The second-order valence-corrected chi connectivity index (χ2v) is 7.08. The molecule has 3 aromatic rings. The molecule has 1 N–H and O–H groups in total. The van der Waals surface area contributed by atoms with Crippen LogP contribution in [0, 0.1) is 5.82 Å². The van der Waals surface area contributed by atoms with Gasteiger partial charge in [0, 0.05) is 38.7 Å². The molecular formula is C19H13ClFNOS. The maximum Gasteiger partial charge on any atom is 0.225 e. The van der Waals surface area contributed by atoms with Gasteiger partial charge in [0.25, 0.3) is 0 Å². The van der Waals surface area contributed by atoms with Gasteiger partial charge in [-0.1, -0.05) is 41.9 Å². The topological polar surface area (TPSA) is 29.1 Å². The largest absolute Gasteiger partial charge is 0.325 e. The first-order chi connectivity index (χ1) is 11.6. The van der Waals surface area contributed by atoms with E-state index in [0.29, 0.717) is 22.7 Å². The van der Waals surface area contributed by atoms with Gasteiger partial charge in [-0.25, -0.2) is 4.39 Å². The predicted octanol–water partition coefficient (Wildman–Crippen LogP) is 5.68. The molecule has 2 aromatic carbocycles. The number of rotatable bonds is 2. The van der Waals surface area contributed by atoms with E-state index in [-0.39, 0.29) is 17.6 Å². The Morgan fingerprint density at radius 3 is 2.75 bits per heavy atom. The molecule has 0 bridgehead atoms. The standard InChI is InChI=1S/C19H13ClFNOS/c20-12-5-3-4-11(8-12)14-9-17(23)22-18-15(10-24-19(14)18)13-6-1-2-7-16(13)21/h1-8,10,14H,9H2,(H,22,23)/t14-/m0/s1. The number of hydrogen-bond donors (Lipinski definition) is 1. The highest BCUT2D eigenvalue weighted by Gasteiger charge is 2.30. The summed E-state index contributed by atoms with van der Waals surface area (Å²) >= 11 is 7.64. The molecule has 1 aromatic heterocycles. The average Bonchev–Trinajstić information content (AvgIpc) is 2.98. The molecule has 2 nitrogen and oxygen atoms in total. The molecule has 0 unspecified atom stereocenters. The van der Waals surface area contributed by atoms with Crippen molar-refractivity contribution in [3.05, 3.63) is 75.2 Å². The molecule has 1 aliphatic rings. The minimum atomic E-state index is -0.294. The Hall–Kier alpha value is -2.17. The van der Waals surface area contributed by atoms with E-state index in [1.807, 2.05) is 29.6 Å². The molecule has 0 fully saturated rings. The Morgan fingerprint density at radius 1 is 1.12 bits per heavy atom. The van der Waals surface area contributed by atoms with Crippen molar-refractivity contribution < 1.29 is 9.18 Å². The molecule has 1 aliphatic heterocycles. The van der Waals surface area contributed by atoms with Gasteiger partial charge in [0.1, 0.15) is 5.82 Å². The number of amides is 1. The van der Waals surface area contributed by atoms with Crippen molar-refractivity contribution in [3.8, 4) is 11.1 Å². The molecule has 5 heteroatoms. The maximum atomic E-state index is 14.2. The first-order valence-corrected chi connectivity index (χ1v) is 8.81. The number of benzene rings is 2. The van der Waals surface area contributed by atoms with Gasteiger partial charge in [0.2, 0.25) is 5.91 Å². The number of thiophene rings is 1. The monoisotopic (exact) mass is 357 g/mol. The Labute approximate surface area is 147 Å². The minimum absolute atomic E-state index is 0.0574. The number of carbonyl (C=O) groups excluding carboxylic acids is 1. The summed E-state index contributed by atoms with van der Waals surface area (Å²) in [5, 5.41) is 5.47. The zero-order valence-corrected chi connectivity index (χ0v) is 14.1. The van der Waals surface area contributed by atoms with E-state index >= 15 is 0 Å². The Kier molecular flexibility index (Phi) is 3.87. The smallest absolute Gasteiger partial charge is 0.225 e. The van der Waals surface area contributed by atoms with Gasteiger partial charge in [0.05, 0.1) is 5.69 Å². The Balaban J connectivity index is 1.85. The predicted molar refractivity (Wildman–Crippen MR) is 96.3 cm³/mol. The van der Waals surface area contributed by atoms with Gasteiger partial charge in [-0.15, -0.1) is 11.3 Å². The fourth-order valence-corrected chi connectivity index (χ4v) is 4.45. The van der Waals surface area contributed by atoms with Crippen molar-refractivity contribution in [2.45, 2.75) is 12.3 Å². The molecule has 0 aliphatic carbocycles. The molecule has 0 saturated carbocycles. The highest BCUT2D eigenvalue weighted by molar-refractivity contribution is 7.11. The average molecular weight is 358 g/mol. The zero-order chi connectivity index (χ0) is 16.7. The summed E-state index contributed by atoms with van der Waals surface area (Å²) < 4.78 is 14.2. The first-order valence-electron chi connectivity index (χ1n) is 7.55. The Bertz CT molecular complexity index is 937. The van der Waals surface area contributed by atoms with Gasteiger partial charge >= 0.3 is 0 Å². The van der Waals surface area contributed by atoms with Crippen LogP contribution in [0.5, 0.6) is 0 Å². The summed E-state index contributed by atoms with van der Waals surface area (Å²) in [5.74, 6) is -0.418. The van der Waals surface area contributed by atoms with E-state index < -0.39 is 0 Å². The van der Waals surface area contributed by atoms with Crippen LogP contribution in [-0.2, 0) is 4.79 Å². The van der Waals surface area contributed by atoms with Gasteiger partial charge in [-0.2, -0.15) is 0 Å². The zero-order valence-electron chi connectivity index (χ0n) is 12.6. The van der Waals surface area contributed by atoms with Crippen LogP contribution in [0.2, 0.25) is 5.02 Å². The van der Waals surface area contributed by atoms with E-state index in [4.69, 9.17) is 11.6 Å². The number of carbonyl (C=O) groups is 1. The van der Waals surface area contributed by atoms with Crippen LogP contribution in [0.3, 0.4) is 0 Å². The third kappa shape index (κ3) is 2.62. The van der Waals surface area contributed by atoms with E-state index in [0.717, 1.165) is 16.0 Å². The van der Waals surface area contributed by atoms with Crippen LogP contribution in [0.4, 0.5) is 10.1 Å². The molecule has 24 heavy (non-hydrogen) atoms.